The van der Waals surface area contributed by atoms with Gasteiger partial charge in [-0.25, -0.2) is 18.4 Å². The highest BCUT2D eigenvalue weighted by Crippen LogP contribution is 2.39. The van der Waals surface area contributed by atoms with Crippen molar-refractivity contribution in [2.24, 2.45) is 5.92 Å². The molecule has 2 saturated carbocycles. The normalized spacial score (nSPS) is 15.9. The lowest BCUT2D eigenvalue weighted by Gasteiger charge is -2.14. The van der Waals surface area contributed by atoms with Gasteiger partial charge in [0.25, 0.3) is 0 Å². The van der Waals surface area contributed by atoms with Crippen LogP contribution in [0.2, 0.25) is 0 Å². The molecule has 4 aromatic rings. The standard InChI is InChI=1S/C25H27N7O3S/c1-13-18(12-26-32(13)17-7-8-17)16-6-9-19(21(10-16)36(3,34)35)29-20-11-22(31-25(33)15-4-5-15)30-24-23(20)27-14(2)28-24/h6,9-12,15,17H,4-5,7-8H2,1-3H3,(H3,27,28,29,30,31,33). The largest absolute Gasteiger partial charge is 0.352 e. The molecule has 0 saturated heterocycles. The first-order valence-electron chi connectivity index (χ1n) is 12.0. The van der Waals surface area contributed by atoms with Crippen LogP contribution in [-0.4, -0.2) is 45.3 Å². The Balaban J connectivity index is 1.40. The van der Waals surface area contributed by atoms with Gasteiger partial charge in [-0.1, -0.05) is 6.07 Å². The summed E-state index contributed by atoms with van der Waals surface area (Å²) in [6, 6.07) is 7.46. The third-order valence-electron chi connectivity index (χ3n) is 6.67. The second-order valence-corrected chi connectivity index (χ2v) is 11.7. The third-order valence-corrected chi connectivity index (χ3v) is 7.81. The number of sulfone groups is 1. The predicted octanol–water partition coefficient (Wildman–Crippen LogP) is 4.27. The number of aryl methyl sites for hydroxylation is 1. The third kappa shape index (κ3) is 4.23. The number of anilines is 3. The van der Waals surface area contributed by atoms with E-state index in [1.165, 1.54) is 6.26 Å². The molecule has 6 rings (SSSR count). The van der Waals surface area contributed by atoms with E-state index in [4.69, 9.17) is 0 Å². The lowest BCUT2D eigenvalue weighted by Crippen LogP contribution is -2.14. The number of rotatable bonds is 7. The van der Waals surface area contributed by atoms with Gasteiger partial charge in [-0.3, -0.25) is 9.48 Å². The van der Waals surface area contributed by atoms with E-state index in [0.29, 0.717) is 40.2 Å². The maximum Gasteiger partial charge on any atom is 0.228 e. The molecule has 2 fully saturated rings. The summed E-state index contributed by atoms with van der Waals surface area (Å²) in [6.45, 7) is 3.83. The molecule has 11 heteroatoms. The molecule has 0 aliphatic heterocycles. The van der Waals surface area contributed by atoms with Gasteiger partial charge in [-0.15, -0.1) is 0 Å². The first-order valence-corrected chi connectivity index (χ1v) is 13.9. The van der Waals surface area contributed by atoms with Gasteiger partial charge in [-0.05, 0) is 57.2 Å². The average Bonchev–Trinajstić information content (AvgIpc) is 3.74. The molecule has 36 heavy (non-hydrogen) atoms. The Morgan fingerprint density at radius 2 is 1.86 bits per heavy atom. The monoisotopic (exact) mass is 505 g/mol. The predicted molar refractivity (Wildman–Crippen MR) is 137 cm³/mol. The maximum absolute atomic E-state index is 12.8. The molecule has 0 spiro atoms. The Kier molecular flexibility index (Phi) is 5.15. The topological polar surface area (TPSA) is 135 Å². The van der Waals surface area contributed by atoms with Crippen LogP contribution in [0.4, 0.5) is 17.2 Å². The number of hydrogen-bond donors (Lipinski definition) is 3. The minimum atomic E-state index is -3.58. The summed E-state index contributed by atoms with van der Waals surface area (Å²) in [5.74, 6) is 1.01. The SMILES string of the molecule is Cc1nc2c(Nc3ccc(-c4cnn(C5CC5)c4C)cc3S(C)(=O)=O)cc(NC(=O)C3CC3)nc2[nH]1. The molecule has 10 nitrogen and oxygen atoms in total. The Morgan fingerprint density at radius 3 is 2.56 bits per heavy atom. The molecule has 0 atom stereocenters. The van der Waals surface area contributed by atoms with Crippen LogP contribution in [0.1, 0.15) is 43.2 Å². The molecule has 3 aromatic heterocycles. The van der Waals surface area contributed by atoms with Gasteiger partial charge in [0, 0.05) is 29.5 Å². The number of carbonyl (C=O) groups excluding carboxylic acids is 1. The zero-order valence-electron chi connectivity index (χ0n) is 20.3. The molecule has 0 bridgehead atoms. The summed E-state index contributed by atoms with van der Waals surface area (Å²) in [7, 11) is -3.58. The fraction of sp³-hybridized carbons (Fsp3) is 0.360. The molecule has 1 aromatic carbocycles. The molecule has 2 aliphatic carbocycles. The summed E-state index contributed by atoms with van der Waals surface area (Å²) in [6.07, 6.45) is 7.00. The number of H-pyrrole nitrogens is 1. The number of fused-ring (bicyclic) bond motifs is 1. The first kappa shape index (κ1) is 22.7. The minimum absolute atomic E-state index is 0.0273. The summed E-state index contributed by atoms with van der Waals surface area (Å²) >= 11 is 0. The number of imidazole rings is 1. The van der Waals surface area contributed by atoms with Gasteiger partial charge >= 0.3 is 0 Å². The van der Waals surface area contributed by atoms with E-state index >= 15 is 0 Å². The molecule has 186 valence electrons. The van der Waals surface area contributed by atoms with Crippen LogP contribution in [0.3, 0.4) is 0 Å². The van der Waals surface area contributed by atoms with Crippen molar-refractivity contribution < 1.29 is 13.2 Å². The first-order chi connectivity index (χ1) is 17.2. The average molecular weight is 506 g/mol. The number of benzene rings is 1. The number of carbonyl (C=O) groups is 1. The number of aromatic amines is 1. The zero-order chi connectivity index (χ0) is 25.2. The number of amides is 1. The number of pyridine rings is 1. The highest BCUT2D eigenvalue weighted by atomic mass is 32.2. The maximum atomic E-state index is 12.8. The molecule has 0 unspecified atom stereocenters. The Bertz CT molecular complexity index is 1630. The van der Waals surface area contributed by atoms with Crippen molar-refractivity contribution >= 4 is 44.1 Å². The van der Waals surface area contributed by atoms with E-state index in [1.807, 2.05) is 24.6 Å². The van der Waals surface area contributed by atoms with E-state index < -0.39 is 9.84 Å². The van der Waals surface area contributed by atoms with Crippen molar-refractivity contribution in [3.8, 4) is 11.1 Å². The van der Waals surface area contributed by atoms with Crippen LogP contribution in [0.15, 0.2) is 35.4 Å². The lowest BCUT2D eigenvalue weighted by molar-refractivity contribution is -0.117. The van der Waals surface area contributed by atoms with Crippen LogP contribution in [-0.2, 0) is 14.6 Å². The minimum Gasteiger partial charge on any atom is -0.352 e. The van der Waals surface area contributed by atoms with E-state index in [1.54, 1.807) is 24.4 Å². The van der Waals surface area contributed by atoms with Gasteiger partial charge in [0.2, 0.25) is 5.91 Å². The molecular weight excluding hydrogens is 478 g/mol. The fourth-order valence-corrected chi connectivity index (χ4v) is 5.34. The van der Waals surface area contributed by atoms with Crippen LogP contribution < -0.4 is 10.6 Å². The molecule has 1 amide bonds. The van der Waals surface area contributed by atoms with E-state index in [9.17, 15) is 13.2 Å². The molecule has 0 radical (unpaired) electrons. The van der Waals surface area contributed by atoms with Crippen molar-refractivity contribution in [1.82, 2.24) is 24.7 Å². The van der Waals surface area contributed by atoms with Gasteiger partial charge in [-0.2, -0.15) is 5.10 Å². The number of nitrogens with one attached hydrogen (secondary N) is 3. The van der Waals surface area contributed by atoms with Crippen molar-refractivity contribution in [3.63, 3.8) is 0 Å². The lowest BCUT2D eigenvalue weighted by atomic mass is 10.1. The molecule has 3 heterocycles. The van der Waals surface area contributed by atoms with Crippen molar-refractivity contribution in [3.05, 3.63) is 42.0 Å². The summed E-state index contributed by atoms with van der Waals surface area (Å²) in [5, 5.41) is 10.6. The molecular formula is C25H27N7O3S. The Hall–Kier alpha value is -3.73. The summed E-state index contributed by atoms with van der Waals surface area (Å²) in [4.78, 5) is 24.6. The second kappa shape index (κ2) is 8.16. The number of aromatic nitrogens is 5. The van der Waals surface area contributed by atoms with E-state index in [2.05, 4.69) is 30.7 Å². The van der Waals surface area contributed by atoms with Gasteiger partial charge < -0.3 is 15.6 Å². The second-order valence-electron chi connectivity index (χ2n) is 9.77. The fourth-order valence-electron chi connectivity index (χ4n) is 4.48. The quantitative estimate of drug-likeness (QED) is 0.341. The number of nitrogens with zero attached hydrogens (tertiary/aromatic N) is 4. The zero-order valence-corrected chi connectivity index (χ0v) is 21.1. The highest BCUT2D eigenvalue weighted by Gasteiger charge is 2.30. The molecule has 2 aliphatic rings. The van der Waals surface area contributed by atoms with E-state index in [0.717, 1.165) is 42.5 Å². The van der Waals surface area contributed by atoms with Crippen LogP contribution in [0.25, 0.3) is 22.3 Å². The van der Waals surface area contributed by atoms with Gasteiger partial charge in [0.15, 0.2) is 15.5 Å². The number of hydrogen-bond acceptors (Lipinski definition) is 7. The van der Waals surface area contributed by atoms with Gasteiger partial charge in [0.05, 0.1) is 28.5 Å². The van der Waals surface area contributed by atoms with Crippen molar-refractivity contribution in [1.29, 1.82) is 0 Å². The summed E-state index contributed by atoms with van der Waals surface area (Å²) < 4.78 is 27.7. The van der Waals surface area contributed by atoms with Crippen LogP contribution >= 0.6 is 0 Å². The smallest absolute Gasteiger partial charge is 0.228 e. The van der Waals surface area contributed by atoms with Crippen LogP contribution in [0.5, 0.6) is 0 Å². The van der Waals surface area contributed by atoms with Crippen molar-refractivity contribution in [2.75, 3.05) is 16.9 Å². The Morgan fingerprint density at radius 1 is 1.08 bits per heavy atom. The Labute approximate surface area is 208 Å². The van der Waals surface area contributed by atoms with Crippen molar-refractivity contribution in [2.45, 2.75) is 50.5 Å². The summed E-state index contributed by atoms with van der Waals surface area (Å²) in [5.41, 5.74) is 4.76. The highest BCUT2D eigenvalue weighted by molar-refractivity contribution is 7.90. The molecule has 3 N–H and O–H groups in total. The van der Waals surface area contributed by atoms with Crippen LogP contribution in [0, 0.1) is 19.8 Å². The van der Waals surface area contributed by atoms with E-state index in [-0.39, 0.29) is 16.7 Å². The van der Waals surface area contributed by atoms with Gasteiger partial charge in [0.1, 0.15) is 17.2 Å².